The van der Waals surface area contributed by atoms with E-state index in [1.165, 1.54) is 14.2 Å². The summed E-state index contributed by atoms with van der Waals surface area (Å²) in [7, 11) is 2.72. The molecule has 0 aromatic heterocycles. The molecule has 0 radical (unpaired) electrons. The van der Waals surface area contributed by atoms with Crippen molar-refractivity contribution in [3.8, 4) is 5.75 Å². The number of amides is 1. The number of benzene rings is 2. The van der Waals surface area contributed by atoms with Crippen LogP contribution in [-0.2, 0) is 9.53 Å². The molecule has 0 fully saturated rings. The lowest BCUT2D eigenvalue weighted by Crippen LogP contribution is -2.31. The molecule has 0 aliphatic heterocycles. The quantitative estimate of drug-likeness (QED) is 0.815. The average molecular weight is 349 g/mol. The SMILES string of the molecule is COC(=O)C[C@H](NC(=O)c1c(F)cccc1F)c1ccc(OC)cc1. The summed E-state index contributed by atoms with van der Waals surface area (Å²) in [6.07, 6.45) is -0.190. The summed E-state index contributed by atoms with van der Waals surface area (Å²) in [6, 6.07) is 8.91. The van der Waals surface area contributed by atoms with Crippen LogP contribution in [0.5, 0.6) is 5.75 Å². The van der Waals surface area contributed by atoms with Crippen molar-refractivity contribution in [1.29, 1.82) is 0 Å². The van der Waals surface area contributed by atoms with Crippen molar-refractivity contribution in [2.75, 3.05) is 14.2 Å². The van der Waals surface area contributed by atoms with Crippen LogP contribution < -0.4 is 10.1 Å². The molecule has 132 valence electrons. The monoisotopic (exact) mass is 349 g/mol. The smallest absolute Gasteiger partial charge is 0.307 e. The van der Waals surface area contributed by atoms with Crippen LogP contribution in [-0.4, -0.2) is 26.1 Å². The fourth-order valence-electron chi connectivity index (χ4n) is 2.28. The first-order valence-corrected chi connectivity index (χ1v) is 7.42. The number of carbonyl (C=O) groups excluding carboxylic acids is 2. The first-order valence-electron chi connectivity index (χ1n) is 7.42. The Labute approximate surface area is 143 Å². The van der Waals surface area contributed by atoms with Crippen molar-refractivity contribution >= 4 is 11.9 Å². The van der Waals surface area contributed by atoms with Gasteiger partial charge in [-0.3, -0.25) is 9.59 Å². The minimum atomic E-state index is -0.982. The summed E-state index contributed by atoms with van der Waals surface area (Å²) >= 11 is 0. The summed E-state index contributed by atoms with van der Waals surface area (Å²) < 4.78 is 37.2. The third-order valence-corrected chi connectivity index (χ3v) is 3.61. The lowest BCUT2D eigenvalue weighted by atomic mass is 10.0. The van der Waals surface area contributed by atoms with Gasteiger partial charge in [-0.15, -0.1) is 0 Å². The number of hydrogen-bond acceptors (Lipinski definition) is 4. The highest BCUT2D eigenvalue weighted by Crippen LogP contribution is 2.22. The fourth-order valence-corrected chi connectivity index (χ4v) is 2.28. The second-order valence-electron chi connectivity index (χ2n) is 5.18. The highest BCUT2D eigenvalue weighted by Gasteiger charge is 2.23. The maximum absolute atomic E-state index is 13.8. The van der Waals surface area contributed by atoms with Gasteiger partial charge >= 0.3 is 5.97 Å². The molecule has 1 N–H and O–H groups in total. The minimum absolute atomic E-state index is 0.190. The highest BCUT2D eigenvalue weighted by atomic mass is 19.1. The Bertz CT molecular complexity index is 742. The summed E-state index contributed by atoms with van der Waals surface area (Å²) in [5.41, 5.74) is -0.137. The van der Waals surface area contributed by atoms with Crippen LogP contribution in [0.25, 0.3) is 0 Å². The van der Waals surface area contributed by atoms with Gasteiger partial charge in [0.25, 0.3) is 5.91 Å². The topological polar surface area (TPSA) is 64.6 Å². The maximum Gasteiger partial charge on any atom is 0.307 e. The normalized spacial score (nSPS) is 11.5. The van der Waals surface area contributed by atoms with Gasteiger partial charge in [-0.05, 0) is 29.8 Å². The second-order valence-corrected chi connectivity index (χ2v) is 5.18. The van der Waals surface area contributed by atoms with Crippen LogP contribution in [0.3, 0.4) is 0 Å². The molecule has 7 heteroatoms. The number of halogens is 2. The van der Waals surface area contributed by atoms with Gasteiger partial charge in [0, 0.05) is 0 Å². The third-order valence-electron chi connectivity index (χ3n) is 3.61. The van der Waals surface area contributed by atoms with Crippen molar-refractivity contribution < 1.29 is 27.8 Å². The van der Waals surface area contributed by atoms with Crippen LogP contribution in [0.4, 0.5) is 8.78 Å². The van der Waals surface area contributed by atoms with Crippen LogP contribution >= 0.6 is 0 Å². The summed E-state index contributed by atoms with van der Waals surface area (Å²) in [6.45, 7) is 0. The molecule has 0 unspecified atom stereocenters. The molecule has 0 saturated carbocycles. The van der Waals surface area contributed by atoms with Crippen molar-refractivity contribution in [1.82, 2.24) is 5.32 Å². The molecule has 2 aromatic rings. The second kappa shape index (κ2) is 8.23. The van der Waals surface area contributed by atoms with Gasteiger partial charge in [-0.2, -0.15) is 0 Å². The predicted molar refractivity (Wildman–Crippen MR) is 86.2 cm³/mol. The number of methoxy groups -OCH3 is 2. The lowest BCUT2D eigenvalue weighted by Gasteiger charge is -2.19. The van der Waals surface area contributed by atoms with Crippen molar-refractivity contribution in [2.24, 2.45) is 0 Å². The predicted octanol–water partition coefficient (Wildman–Crippen LogP) is 3.01. The zero-order chi connectivity index (χ0) is 18.4. The summed E-state index contributed by atoms with van der Waals surface area (Å²) in [5, 5.41) is 2.47. The van der Waals surface area contributed by atoms with E-state index < -0.39 is 35.1 Å². The molecule has 1 amide bonds. The average Bonchev–Trinajstić information content (AvgIpc) is 2.61. The fraction of sp³-hybridized carbons (Fsp3) is 0.222. The molecule has 0 bridgehead atoms. The van der Waals surface area contributed by atoms with E-state index in [-0.39, 0.29) is 6.42 Å². The highest BCUT2D eigenvalue weighted by molar-refractivity contribution is 5.95. The van der Waals surface area contributed by atoms with Gasteiger partial charge in [0.15, 0.2) is 0 Å². The van der Waals surface area contributed by atoms with E-state index in [2.05, 4.69) is 10.1 Å². The summed E-state index contributed by atoms with van der Waals surface area (Å²) in [4.78, 5) is 23.9. The molecule has 5 nitrogen and oxygen atoms in total. The van der Waals surface area contributed by atoms with Crippen molar-refractivity contribution in [3.05, 3.63) is 65.2 Å². The van der Waals surface area contributed by atoms with Gasteiger partial charge in [0.1, 0.15) is 22.9 Å². The van der Waals surface area contributed by atoms with Gasteiger partial charge in [-0.1, -0.05) is 18.2 Å². The molecular weight excluding hydrogens is 332 g/mol. The minimum Gasteiger partial charge on any atom is -0.497 e. The molecule has 1 atom stereocenters. The summed E-state index contributed by atoms with van der Waals surface area (Å²) in [5.74, 6) is -2.91. The Morgan fingerprint density at radius 3 is 2.16 bits per heavy atom. The molecule has 0 aliphatic carbocycles. The van der Waals surface area contributed by atoms with Crippen LogP contribution in [0.1, 0.15) is 28.4 Å². The van der Waals surface area contributed by atoms with Crippen LogP contribution in [0.15, 0.2) is 42.5 Å². The molecule has 0 saturated heterocycles. The van der Waals surface area contributed by atoms with Gasteiger partial charge in [-0.25, -0.2) is 8.78 Å². The maximum atomic E-state index is 13.8. The number of carbonyl (C=O) groups is 2. The molecule has 0 aliphatic rings. The van der Waals surface area contributed by atoms with E-state index in [1.807, 2.05) is 0 Å². The van der Waals surface area contributed by atoms with E-state index in [0.717, 1.165) is 18.2 Å². The largest absolute Gasteiger partial charge is 0.497 e. The number of rotatable bonds is 6. The third kappa shape index (κ3) is 4.53. The van der Waals surface area contributed by atoms with E-state index in [0.29, 0.717) is 11.3 Å². The number of ether oxygens (including phenoxy) is 2. The zero-order valence-electron chi connectivity index (χ0n) is 13.7. The van der Waals surface area contributed by atoms with E-state index in [1.54, 1.807) is 24.3 Å². The Morgan fingerprint density at radius 2 is 1.64 bits per heavy atom. The lowest BCUT2D eigenvalue weighted by molar-refractivity contribution is -0.141. The van der Waals surface area contributed by atoms with E-state index in [4.69, 9.17) is 4.74 Å². The van der Waals surface area contributed by atoms with Crippen LogP contribution in [0.2, 0.25) is 0 Å². The number of hydrogen-bond donors (Lipinski definition) is 1. The van der Waals surface area contributed by atoms with Gasteiger partial charge in [0.05, 0.1) is 26.7 Å². The zero-order valence-corrected chi connectivity index (χ0v) is 13.7. The van der Waals surface area contributed by atoms with E-state index in [9.17, 15) is 18.4 Å². The first-order chi connectivity index (χ1) is 12.0. The Balaban J connectivity index is 2.29. The van der Waals surface area contributed by atoms with Crippen molar-refractivity contribution in [3.63, 3.8) is 0 Å². The Morgan fingerprint density at radius 1 is 1.04 bits per heavy atom. The standard InChI is InChI=1S/C18H17F2NO4/c1-24-12-8-6-11(7-9-12)15(10-16(22)25-2)21-18(23)17-13(19)4-3-5-14(17)20/h3-9,15H,10H2,1-2H3,(H,21,23)/t15-/m0/s1. The molecule has 0 spiro atoms. The Kier molecular flexibility index (Phi) is 6.05. The molecule has 25 heavy (non-hydrogen) atoms. The van der Waals surface area contributed by atoms with Crippen LogP contribution in [0, 0.1) is 11.6 Å². The molecule has 0 heterocycles. The van der Waals surface area contributed by atoms with Gasteiger partial charge < -0.3 is 14.8 Å². The van der Waals surface area contributed by atoms with E-state index >= 15 is 0 Å². The number of nitrogens with one attached hydrogen (secondary N) is 1. The Hall–Kier alpha value is -2.96. The van der Waals surface area contributed by atoms with Crippen molar-refractivity contribution in [2.45, 2.75) is 12.5 Å². The molecular formula is C18H17F2NO4. The number of esters is 1. The molecule has 2 aromatic carbocycles. The molecule has 2 rings (SSSR count). The first kappa shape index (κ1) is 18.4. The van der Waals surface area contributed by atoms with Gasteiger partial charge in [0.2, 0.25) is 0 Å².